The van der Waals surface area contributed by atoms with Gasteiger partial charge in [0.1, 0.15) is 5.52 Å². The van der Waals surface area contributed by atoms with Crippen molar-refractivity contribution in [2.45, 2.75) is 0 Å². The van der Waals surface area contributed by atoms with Crippen LogP contribution in [0.15, 0.2) is 79.0 Å². The number of rotatable bonds is 0. The summed E-state index contributed by atoms with van der Waals surface area (Å²) in [5.74, 6) is 0. The Balaban J connectivity index is 1.88. The summed E-state index contributed by atoms with van der Waals surface area (Å²) < 4.78 is 4.90. The van der Waals surface area contributed by atoms with Crippen molar-refractivity contribution in [2.75, 3.05) is 0 Å². The second-order valence-corrected chi connectivity index (χ2v) is 8.15. The van der Waals surface area contributed by atoms with Crippen molar-refractivity contribution >= 4 is 70.0 Å². The molecule has 4 heterocycles. The molecule has 3 nitrogen and oxygen atoms in total. The molecule has 0 saturated carbocycles. The van der Waals surface area contributed by atoms with Gasteiger partial charge in [0.25, 0.3) is 0 Å². The van der Waals surface area contributed by atoms with Crippen LogP contribution in [0.1, 0.15) is 0 Å². The van der Waals surface area contributed by atoms with Gasteiger partial charge < -0.3 is 0 Å². The Morgan fingerprint density at radius 3 is 2.57 bits per heavy atom. The second-order valence-electron chi connectivity index (χ2n) is 7.09. The number of aromatic nitrogens is 3. The molecule has 0 amide bonds. The van der Waals surface area contributed by atoms with E-state index in [1.165, 1.54) is 31.1 Å². The number of hydrogen-bond acceptors (Lipinski definition) is 3. The fourth-order valence-corrected chi connectivity index (χ4v) is 5.70. The number of pyridine rings is 2. The molecule has 0 N–H and O–H groups in total. The Morgan fingerprint density at radius 2 is 1.57 bits per heavy atom. The molecule has 0 aliphatic heterocycles. The molecular formula is C24H13N3S. The first-order chi connectivity index (χ1) is 13.9. The number of nitrogens with zero attached hydrogens (tertiary/aromatic N) is 3. The Morgan fingerprint density at radius 1 is 0.714 bits per heavy atom. The van der Waals surface area contributed by atoms with Crippen molar-refractivity contribution in [3.05, 3.63) is 79.0 Å². The van der Waals surface area contributed by atoms with E-state index in [2.05, 4.69) is 65.1 Å². The minimum absolute atomic E-state index is 0.921. The van der Waals surface area contributed by atoms with Gasteiger partial charge in [0.05, 0.1) is 16.6 Å². The van der Waals surface area contributed by atoms with Gasteiger partial charge in [-0.15, -0.1) is 11.3 Å². The molecule has 0 aliphatic rings. The summed E-state index contributed by atoms with van der Waals surface area (Å²) in [5.41, 5.74) is 5.18. The first-order valence-corrected chi connectivity index (χ1v) is 10.1. The van der Waals surface area contributed by atoms with Crippen LogP contribution in [0.2, 0.25) is 0 Å². The Bertz CT molecular complexity index is 1720. The number of para-hydroxylation sites is 2. The molecule has 4 heteroatoms. The molecule has 130 valence electrons. The molecule has 0 atom stereocenters. The van der Waals surface area contributed by atoms with Gasteiger partial charge in [-0.05, 0) is 30.3 Å². The van der Waals surface area contributed by atoms with Crippen LogP contribution in [0.4, 0.5) is 0 Å². The average Bonchev–Trinajstić information content (AvgIpc) is 3.32. The van der Waals surface area contributed by atoms with Crippen molar-refractivity contribution in [3.8, 4) is 0 Å². The smallest absolute Gasteiger partial charge is 0.165 e. The van der Waals surface area contributed by atoms with Gasteiger partial charge in [-0.25, -0.2) is 4.98 Å². The summed E-state index contributed by atoms with van der Waals surface area (Å²) in [4.78, 5) is 9.66. The molecule has 0 fully saturated rings. The van der Waals surface area contributed by atoms with Crippen LogP contribution in [-0.4, -0.2) is 14.4 Å². The van der Waals surface area contributed by atoms with E-state index in [-0.39, 0.29) is 0 Å². The third-order valence-corrected chi connectivity index (χ3v) is 6.82. The zero-order chi connectivity index (χ0) is 18.2. The van der Waals surface area contributed by atoms with Gasteiger partial charge >= 0.3 is 0 Å². The highest BCUT2D eigenvalue weighted by Gasteiger charge is 2.17. The summed E-state index contributed by atoms with van der Waals surface area (Å²) in [7, 11) is 0. The lowest BCUT2D eigenvalue weighted by molar-refractivity contribution is 1.29. The molecular weight excluding hydrogens is 362 g/mol. The minimum Gasteiger partial charge on any atom is -0.290 e. The normalized spacial score (nSPS) is 12.3. The van der Waals surface area contributed by atoms with Gasteiger partial charge in [0.15, 0.2) is 5.65 Å². The van der Waals surface area contributed by atoms with Crippen LogP contribution in [0.5, 0.6) is 0 Å². The third kappa shape index (κ3) is 1.69. The summed E-state index contributed by atoms with van der Waals surface area (Å²) in [5, 5.41) is 5.05. The zero-order valence-electron chi connectivity index (χ0n) is 14.8. The highest BCUT2D eigenvalue weighted by molar-refractivity contribution is 7.26. The maximum Gasteiger partial charge on any atom is 0.165 e. The summed E-state index contributed by atoms with van der Waals surface area (Å²) in [6.45, 7) is 0. The molecule has 28 heavy (non-hydrogen) atoms. The highest BCUT2D eigenvalue weighted by atomic mass is 32.1. The SMILES string of the molecule is c1ccc2c(c1)nc1c3ncccc3c3c4sc5ccccc5c4ccc3n21. The molecule has 7 rings (SSSR count). The maximum atomic E-state index is 4.92. The topological polar surface area (TPSA) is 30.2 Å². The monoisotopic (exact) mass is 375 g/mol. The van der Waals surface area contributed by atoms with Crippen molar-refractivity contribution in [2.24, 2.45) is 0 Å². The number of hydrogen-bond donors (Lipinski definition) is 0. The van der Waals surface area contributed by atoms with Crippen LogP contribution < -0.4 is 0 Å². The van der Waals surface area contributed by atoms with Crippen LogP contribution in [0, 0.1) is 0 Å². The third-order valence-electron chi connectivity index (χ3n) is 5.62. The summed E-state index contributed by atoms with van der Waals surface area (Å²) in [6, 6.07) is 25.7. The van der Waals surface area contributed by atoms with Crippen molar-refractivity contribution < 1.29 is 0 Å². The fourth-order valence-electron chi connectivity index (χ4n) is 4.44. The first-order valence-electron chi connectivity index (χ1n) is 9.28. The first kappa shape index (κ1) is 14.5. The molecule has 7 aromatic rings. The van der Waals surface area contributed by atoms with E-state index in [4.69, 9.17) is 9.97 Å². The lowest BCUT2D eigenvalue weighted by Crippen LogP contribution is -1.93. The maximum absolute atomic E-state index is 4.92. The van der Waals surface area contributed by atoms with Gasteiger partial charge in [-0.3, -0.25) is 9.38 Å². The average molecular weight is 375 g/mol. The largest absolute Gasteiger partial charge is 0.290 e. The van der Waals surface area contributed by atoms with E-state index in [1.54, 1.807) is 0 Å². The molecule has 4 aromatic heterocycles. The second kappa shape index (κ2) is 5.06. The molecule has 0 saturated heterocycles. The van der Waals surface area contributed by atoms with Gasteiger partial charge in [-0.2, -0.15) is 0 Å². The Kier molecular flexibility index (Phi) is 2.63. The summed E-state index contributed by atoms with van der Waals surface area (Å²) >= 11 is 1.86. The van der Waals surface area contributed by atoms with Crippen LogP contribution in [0.3, 0.4) is 0 Å². The van der Waals surface area contributed by atoms with E-state index in [0.717, 1.165) is 27.6 Å². The van der Waals surface area contributed by atoms with Gasteiger partial charge in [0.2, 0.25) is 0 Å². The van der Waals surface area contributed by atoms with E-state index in [1.807, 2.05) is 29.7 Å². The number of imidazole rings is 1. The van der Waals surface area contributed by atoms with E-state index in [0.29, 0.717) is 0 Å². The predicted molar refractivity (Wildman–Crippen MR) is 118 cm³/mol. The number of thiophene rings is 1. The fraction of sp³-hybridized carbons (Fsp3) is 0. The van der Waals surface area contributed by atoms with Crippen molar-refractivity contribution in [1.29, 1.82) is 0 Å². The molecule has 0 unspecified atom stereocenters. The lowest BCUT2D eigenvalue weighted by Gasteiger charge is -2.09. The molecule has 0 bridgehead atoms. The molecule has 3 aromatic carbocycles. The van der Waals surface area contributed by atoms with Gasteiger partial charge in [-0.1, -0.05) is 42.5 Å². The number of fused-ring (bicyclic) bond motifs is 12. The van der Waals surface area contributed by atoms with Crippen LogP contribution in [-0.2, 0) is 0 Å². The van der Waals surface area contributed by atoms with E-state index in [9.17, 15) is 0 Å². The van der Waals surface area contributed by atoms with Gasteiger partial charge in [0, 0.05) is 37.1 Å². The predicted octanol–water partition coefficient (Wildman–Crippen LogP) is 6.56. The Hall–Kier alpha value is -3.50. The van der Waals surface area contributed by atoms with Crippen molar-refractivity contribution in [3.63, 3.8) is 0 Å². The molecule has 0 aliphatic carbocycles. The standard InChI is InChI=1S/C24H13N3S/c1-4-10-20-14(6-1)15-11-12-19-21(23(15)28-20)16-7-5-13-25-22(16)24-26-17-8-2-3-9-18(17)27(19)24/h1-13H. The molecule has 0 radical (unpaired) electrons. The minimum atomic E-state index is 0.921. The summed E-state index contributed by atoms with van der Waals surface area (Å²) in [6.07, 6.45) is 1.86. The number of benzene rings is 3. The van der Waals surface area contributed by atoms with Crippen molar-refractivity contribution in [1.82, 2.24) is 14.4 Å². The highest BCUT2D eigenvalue weighted by Crippen LogP contribution is 2.42. The van der Waals surface area contributed by atoms with Crippen LogP contribution >= 0.6 is 11.3 Å². The Labute approximate surface area is 163 Å². The zero-order valence-corrected chi connectivity index (χ0v) is 15.6. The van der Waals surface area contributed by atoms with E-state index >= 15 is 0 Å². The quantitative estimate of drug-likeness (QED) is 0.281. The lowest BCUT2D eigenvalue weighted by atomic mass is 10.1. The van der Waals surface area contributed by atoms with E-state index < -0.39 is 0 Å². The molecule has 0 spiro atoms. The van der Waals surface area contributed by atoms with Crippen LogP contribution in [0.25, 0.3) is 58.7 Å².